The zero-order valence-electron chi connectivity index (χ0n) is 11.2. The number of ether oxygens (including phenoxy) is 1. The first-order valence-electron chi connectivity index (χ1n) is 6.04. The molecule has 3 N–H and O–H groups in total. The number of rotatable bonds is 3. The van der Waals surface area contributed by atoms with Crippen LogP contribution < -0.4 is 10.5 Å². The topological polar surface area (TPSA) is 67.8 Å². The van der Waals surface area contributed by atoms with Gasteiger partial charge in [-0.05, 0) is 55.3 Å². The molecule has 0 unspecified atom stereocenters. The van der Waals surface area contributed by atoms with Crippen LogP contribution >= 0.6 is 0 Å². The van der Waals surface area contributed by atoms with Gasteiger partial charge >= 0.3 is 0 Å². The first-order valence-corrected chi connectivity index (χ1v) is 6.04. The van der Waals surface area contributed by atoms with Crippen LogP contribution in [0.15, 0.2) is 41.6 Å². The van der Waals surface area contributed by atoms with Crippen LogP contribution in [0.4, 0.5) is 4.39 Å². The van der Waals surface area contributed by atoms with Crippen molar-refractivity contribution in [2.45, 2.75) is 13.8 Å². The minimum atomic E-state index is -0.577. The van der Waals surface area contributed by atoms with Crippen LogP contribution in [0, 0.1) is 19.7 Å². The number of aryl methyl sites for hydroxylation is 2. The summed E-state index contributed by atoms with van der Waals surface area (Å²) in [6.45, 7) is 3.95. The zero-order valence-corrected chi connectivity index (χ0v) is 11.2. The maximum atomic E-state index is 13.9. The summed E-state index contributed by atoms with van der Waals surface area (Å²) >= 11 is 0. The molecule has 0 heterocycles. The molecule has 20 heavy (non-hydrogen) atoms. The third-order valence-corrected chi connectivity index (χ3v) is 3.04. The highest BCUT2D eigenvalue weighted by Gasteiger charge is 2.09. The average molecular weight is 274 g/mol. The number of benzene rings is 2. The summed E-state index contributed by atoms with van der Waals surface area (Å²) < 4.78 is 19.4. The lowest BCUT2D eigenvalue weighted by atomic mass is 10.1. The van der Waals surface area contributed by atoms with Crippen LogP contribution in [-0.4, -0.2) is 11.0 Å². The molecule has 4 nitrogen and oxygen atoms in total. The first kappa shape index (κ1) is 13.9. The standard InChI is InChI=1S/C15H15FN2O2/c1-9-3-5-12(7-10(9)2)20-14-6-4-11(8-13(14)16)15(17)18-19/h3-8,19H,1-2H3,(H2,17,18). The van der Waals surface area contributed by atoms with E-state index in [-0.39, 0.29) is 17.1 Å². The second kappa shape index (κ2) is 5.61. The van der Waals surface area contributed by atoms with E-state index < -0.39 is 5.82 Å². The van der Waals surface area contributed by atoms with Crippen molar-refractivity contribution >= 4 is 5.84 Å². The third kappa shape index (κ3) is 2.88. The largest absolute Gasteiger partial charge is 0.454 e. The molecule has 0 aliphatic heterocycles. The smallest absolute Gasteiger partial charge is 0.170 e. The Morgan fingerprint density at radius 1 is 1.15 bits per heavy atom. The van der Waals surface area contributed by atoms with Crippen LogP contribution in [0.2, 0.25) is 0 Å². The predicted molar refractivity (Wildman–Crippen MR) is 74.9 cm³/mol. The quantitative estimate of drug-likeness (QED) is 0.390. The summed E-state index contributed by atoms with van der Waals surface area (Å²) in [5.41, 5.74) is 7.89. The normalized spacial score (nSPS) is 11.4. The van der Waals surface area contributed by atoms with Crippen molar-refractivity contribution < 1.29 is 14.3 Å². The number of hydrogen-bond donors (Lipinski definition) is 2. The molecule has 0 radical (unpaired) electrons. The first-order chi connectivity index (χ1) is 9.51. The molecule has 0 saturated heterocycles. The van der Waals surface area contributed by atoms with E-state index in [0.29, 0.717) is 5.75 Å². The van der Waals surface area contributed by atoms with Gasteiger partial charge in [0.15, 0.2) is 17.4 Å². The molecule has 0 saturated carbocycles. The number of nitrogens with two attached hydrogens (primary N) is 1. The van der Waals surface area contributed by atoms with Gasteiger partial charge in [0.2, 0.25) is 0 Å². The van der Waals surface area contributed by atoms with Gasteiger partial charge in [0, 0.05) is 5.56 Å². The fourth-order valence-electron chi connectivity index (χ4n) is 1.71. The van der Waals surface area contributed by atoms with Gasteiger partial charge < -0.3 is 15.7 Å². The van der Waals surface area contributed by atoms with E-state index in [4.69, 9.17) is 15.7 Å². The molecule has 0 spiro atoms. The van der Waals surface area contributed by atoms with Gasteiger partial charge in [0.25, 0.3) is 0 Å². The Bertz CT molecular complexity index is 669. The lowest BCUT2D eigenvalue weighted by Crippen LogP contribution is -2.13. The zero-order chi connectivity index (χ0) is 14.7. The molecule has 2 aromatic carbocycles. The molecule has 0 aromatic heterocycles. The molecular weight excluding hydrogens is 259 g/mol. The summed E-state index contributed by atoms with van der Waals surface area (Å²) in [5.74, 6) is -0.0831. The van der Waals surface area contributed by atoms with Gasteiger partial charge in [-0.3, -0.25) is 0 Å². The summed E-state index contributed by atoms with van der Waals surface area (Å²) in [7, 11) is 0. The van der Waals surface area contributed by atoms with Crippen LogP contribution in [0.1, 0.15) is 16.7 Å². The monoisotopic (exact) mass is 274 g/mol. The second-order valence-corrected chi connectivity index (χ2v) is 4.48. The molecular formula is C15H15FN2O2. The van der Waals surface area contributed by atoms with E-state index in [2.05, 4.69) is 5.16 Å². The van der Waals surface area contributed by atoms with Crippen molar-refractivity contribution in [3.8, 4) is 11.5 Å². The molecule has 0 aliphatic carbocycles. The number of amidine groups is 1. The molecule has 104 valence electrons. The predicted octanol–water partition coefficient (Wildman–Crippen LogP) is 3.33. The Morgan fingerprint density at radius 2 is 1.90 bits per heavy atom. The van der Waals surface area contributed by atoms with Gasteiger partial charge in [0.05, 0.1) is 0 Å². The van der Waals surface area contributed by atoms with Crippen LogP contribution in [0.5, 0.6) is 11.5 Å². The lowest BCUT2D eigenvalue weighted by molar-refractivity contribution is 0.318. The molecule has 0 fully saturated rings. The Labute approximate surface area is 116 Å². The fourth-order valence-corrected chi connectivity index (χ4v) is 1.71. The van der Waals surface area contributed by atoms with Crippen LogP contribution in [-0.2, 0) is 0 Å². The minimum absolute atomic E-state index is 0.0859. The van der Waals surface area contributed by atoms with Crippen molar-refractivity contribution in [1.29, 1.82) is 0 Å². The second-order valence-electron chi connectivity index (χ2n) is 4.48. The Hall–Kier alpha value is -2.56. The van der Waals surface area contributed by atoms with Crippen molar-refractivity contribution in [3.63, 3.8) is 0 Å². The lowest BCUT2D eigenvalue weighted by Gasteiger charge is -2.09. The van der Waals surface area contributed by atoms with Gasteiger partial charge in [-0.2, -0.15) is 0 Å². The van der Waals surface area contributed by atoms with E-state index in [1.165, 1.54) is 12.1 Å². The highest BCUT2D eigenvalue weighted by molar-refractivity contribution is 5.97. The fraction of sp³-hybridized carbons (Fsp3) is 0.133. The summed E-state index contributed by atoms with van der Waals surface area (Å²) in [6, 6.07) is 9.65. The summed E-state index contributed by atoms with van der Waals surface area (Å²) in [4.78, 5) is 0. The molecule has 0 aliphatic rings. The van der Waals surface area contributed by atoms with E-state index in [1.54, 1.807) is 6.07 Å². The molecule has 0 amide bonds. The summed E-state index contributed by atoms with van der Waals surface area (Å²) in [6.07, 6.45) is 0. The SMILES string of the molecule is Cc1ccc(Oc2ccc(/C(N)=N/O)cc2F)cc1C. The molecule has 0 bridgehead atoms. The number of nitrogens with zero attached hydrogens (tertiary/aromatic N) is 1. The Balaban J connectivity index is 2.28. The average Bonchev–Trinajstić information content (AvgIpc) is 2.44. The third-order valence-electron chi connectivity index (χ3n) is 3.04. The minimum Gasteiger partial charge on any atom is -0.454 e. The molecule has 2 rings (SSSR count). The maximum Gasteiger partial charge on any atom is 0.170 e. The van der Waals surface area contributed by atoms with Gasteiger partial charge in [-0.1, -0.05) is 11.2 Å². The number of halogens is 1. The summed E-state index contributed by atoms with van der Waals surface area (Å²) in [5, 5.41) is 11.4. The van der Waals surface area contributed by atoms with E-state index in [9.17, 15) is 4.39 Å². The van der Waals surface area contributed by atoms with Crippen molar-refractivity contribution in [1.82, 2.24) is 0 Å². The van der Waals surface area contributed by atoms with E-state index >= 15 is 0 Å². The molecule has 2 aromatic rings. The van der Waals surface area contributed by atoms with E-state index in [0.717, 1.165) is 17.2 Å². The number of oxime groups is 1. The van der Waals surface area contributed by atoms with Crippen LogP contribution in [0.25, 0.3) is 0 Å². The van der Waals surface area contributed by atoms with Crippen LogP contribution in [0.3, 0.4) is 0 Å². The molecule has 5 heteroatoms. The van der Waals surface area contributed by atoms with Crippen molar-refractivity contribution in [2.75, 3.05) is 0 Å². The highest BCUT2D eigenvalue weighted by atomic mass is 19.1. The Morgan fingerprint density at radius 3 is 2.50 bits per heavy atom. The van der Waals surface area contributed by atoms with Gasteiger partial charge in [-0.25, -0.2) is 4.39 Å². The molecule has 0 atom stereocenters. The van der Waals surface area contributed by atoms with Gasteiger partial charge in [-0.15, -0.1) is 0 Å². The van der Waals surface area contributed by atoms with Crippen molar-refractivity contribution in [2.24, 2.45) is 10.9 Å². The maximum absolute atomic E-state index is 13.9. The van der Waals surface area contributed by atoms with E-state index in [1.807, 2.05) is 26.0 Å². The highest BCUT2D eigenvalue weighted by Crippen LogP contribution is 2.26. The van der Waals surface area contributed by atoms with Crippen molar-refractivity contribution in [3.05, 3.63) is 58.9 Å². The Kier molecular flexibility index (Phi) is 3.89. The van der Waals surface area contributed by atoms with Gasteiger partial charge in [0.1, 0.15) is 5.75 Å². The number of hydrogen-bond acceptors (Lipinski definition) is 3.